The summed E-state index contributed by atoms with van der Waals surface area (Å²) in [5.74, 6) is 0.410. The fraction of sp³-hybridized carbons (Fsp3) is 0.250. The standard InChI is InChI=1S/C12H13IN2/c1-7(2)11-6-10(14)8-4-3-5-9(13)12(8)15-11/h3-7H,1-2H3,(H2,14,15). The summed E-state index contributed by atoms with van der Waals surface area (Å²) < 4.78 is 1.15. The van der Waals surface area contributed by atoms with Crippen LogP contribution in [0.4, 0.5) is 5.69 Å². The molecule has 1 heterocycles. The molecule has 0 bridgehead atoms. The molecular formula is C12H13IN2. The molecule has 0 saturated heterocycles. The lowest BCUT2D eigenvalue weighted by molar-refractivity contribution is 0.830. The molecule has 1 aromatic carbocycles. The van der Waals surface area contributed by atoms with Crippen molar-refractivity contribution in [3.05, 3.63) is 33.5 Å². The van der Waals surface area contributed by atoms with Crippen LogP contribution in [0.3, 0.4) is 0 Å². The van der Waals surface area contributed by atoms with Crippen molar-refractivity contribution in [2.75, 3.05) is 5.73 Å². The van der Waals surface area contributed by atoms with Gasteiger partial charge in [-0.1, -0.05) is 26.0 Å². The van der Waals surface area contributed by atoms with Gasteiger partial charge in [-0.2, -0.15) is 0 Å². The molecule has 0 aliphatic heterocycles. The summed E-state index contributed by atoms with van der Waals surface area (Å²) in [6.45, 7) is 4.26. The Hall–Kier alpha value is -0.840. The van der Waals surface area contributed by atoms with Crippen LogP contribution in [0, 0.1) is 3.57 Å². The minimum Gasteiger partial charge on any atom is -0.398 e. The van der Waals surface area contributed by atoms with E-state index in [9.17, 15) is 0 Å². The second-order valence-electron chi connectivity index (χ2n) is 3.93. The van der Waals surface area contributed by atoms with Crippen LogP contribution in [0.2, 0.25) is 0 Å². The third kappa shape index (κ3) is 1.93. The topological polar surface area (TPSA) is 38.9 Å². The first-order valence-electron chi connectivity index (χ1n) is 4.94. The molecule has 0 saturated carbocycles. The van der Waals surface area contributed by atoms with Crippen molar-refractivity contribution in [2.24, 2.45) is 0 Å². The summed E-state index contributed by atoms with van der Waals surface area (Å²) >= 11 is 2.30. The van der Waals surface area contributed by atoms with Crippen molar-refractivity contribution in [1.82, 2.24) is 4.98 Å². The van der Waals surface area contributed by atoms with E-state index >= 15 is 0 Å². The molecule has 15 heavy (non-hydrogen) atoms. The normalized spacial score (nSPS) is 11.2. The quantitative estimate of drug-likeness (QED) is 0.818. The van der Waals surface area contributed by atoms with Gasteiger partial charge in [0.25, 0.3) is 0 Å². The SMILES string of the molecule is CC(C)c1cc(N)c2cccc(I)c2n1. The van der Waals surface area contributed by atoms with E-state index in [1.54, 1.807) is 0 Å². The van der Waals surface area contributed by atoms with Crippen molar-refractivity contribution in [2.45, 2.75) is 19.8 Å². The van der Waals surface area contributed by atoms with Crippen molar-refractivity contribution in [3.8, 4) is 0 Å². The van der Waals surface area contributed by atoms with Gasteiger partial charge in [0, 0.05) is 20.3 Å². The van der Waals surface area contributed by atoms with Crippen LogP contribution in [0.1, 0.15) is 25.5 Å². The summed E-state index contributed by atoms with van der Waals surface area (Å²) in [6, 6.07) is 8.06. The molecule has 2 rings (SSSR count). The van der Waals surface area contributed by atoms with E-state index in [2.05, 4.69) is 47.5 Å². The first-order chi connectivity index (χ1) is 7.09. The Bertz CT molecular complexity index is 506. The summed E-state index contributed by atoms with van der Waals surface area (Å²) in [6.07, 6.45) is 0. The average Bonchev–Trinajstić information content (AvgIpc) is 2.19. The number of aromatic nitrogens is 1. The highest BCUT2D eigenvalue weighted by atomic mass is 127. The van der Waals surface area contributed by atoms with Gasteiger partial charge in [-0.25, -0.2) is 0 Å². The lowest BCUT2D eigenvalue weighted by Crippen LogP contribution is -1.98. The Morgan fingerprint density at radius 1 is 1.33 bits per heavy atom. The van der Waals surface area contributed by atoms with Crippen LogP contribution in [-0.2, 0) is 0 Å². The van der Waals surface area contributed by atoms with Crippen LogP contribution in [0.15, 0.2) is 24.3 Å². The van der Waals surface area contributed by atoms with Gasteiger partial charge in [-0.15, -0.1) is 0 Å². The zero-order valence-corrected chi connectivity index (χ0v) is 10.9. The number of anilines is 1. The third-order valence-corrected chi connectivity index (χ3v) is 3.30. The van der Waals surface area contributed by atoms with E-state index in [1.165, 1.54) is 0 Å². The van der Waals surface area contributed by atoms with Crippen LogP contribution in [0.5, 0.6) is 0 Å². The third-order valence-electron chi connectivity index (χ3n) is 2.43. The van der Waals surface area contributed by atoms with Gasteiger partial charge in [-0.3, -0.25) is 4.98 Å². The number of para-hydroxylation sites is 1. The molecule has 78 valence electrons. The Morgan fingerprint density at radius 2 is 2.07 bits per heavy atom. The Labute approximate surface area is 103 Å². The molecule has 0 fully saturated rings. The van der Waals surface area contributed by atoms with Crippen molar-refractivity contribution in [3.63, 3.8) is 0 Å². The molecule has 0 aliphatic carbocycles. The van der Waals surface area contributed by atoms with E-state index < -0.39 is 0 Å². The molecule has 3 heteroatoms. The van der Waals surface area contributed by atoms with Crippen molar-refractivity contribution < 1.29 is 0 Å². The largest absolute Gasteiger partial charge is 0.398 e. The molecule has 0 amide bonds. The molecule has 1 aromatic heterocycles. The van der Waals surface area contributed by atoms with E-state index in [0.29, 0.717) is 5.92 Å². The lowest BCUT2D eigenvalue weighted by Gasteiger charge is -2.09. The molecule has 0 spiro atoms. The van der Waals surface area contributed by atoms with Crippen molar-refractivity contribution >= 4 is 39.2 Å². The smallest absolute Gasteiger partial charge is 0.0859 e. The van der Waals surface area contributed by atoms with Gasteiger partial charge in [0.15, 0.2) is 0 Å². The van der Waals surface area contributed by atoms with Gasteiger partial charge in [0.05, 0.1) is 5.52 Å². The van der Waals surface area contributed by atoms with E-state index in [4.69, 9.17) is 5.73 Å². The number of hydrogen-bond donors (Lipinski definition) is 1. The first-order valence-corrected chi connectivity index (χ1v) is 6.02. The van der Waals surface area contributed by atoms with Gasteiger partial charge in [-0.05, 0) is 40.6 Å². The molecule has 0 atom stereocenters. The summed E-state index contributed by atoms with van der Waals surface area (Å²) in [5.41, 5.74) is 8.92. The van der Waals surface area contributed by atoms with E-state index in [0.717, 1.165) is 25.9 Å². The zero-order chi connectivity index (χ0) is 11.0. The number of nitrogens with two attached hydrogens (primary N) is 1. The van der Waals surface area contributed by atoms with Crippen LogP contribution in [-0.4, -0.2) is 4.98 Å². The van der Waals surface area contributed by atoms with E-state index in [1.807, 2.05) is 18.2 Å². The van der Waals surface area contributed by atoms with Gasteiger partial charge in [0.2, 0.25) is 0 Å². The average molecular weight is 312 g/mol. The minimum atomic E-state index is 0.410. The predicted octanol–water partition coefficient (Wildman–Crippen LogP) is 3.55. The monoisotopic (exact) mass is 312 g/mol. The molecule has 2 N–H and O–H groups in total. The summed E-state index contributed by atoms with van der Waals surface area (Å²) in [7, 11) is 0. The Morgan fingerprint density at radius 3 is 2.73 bits per heavy atom. The highest BCUT2D eigenvalue weighted by Crippen LogP contribution is 2.26. The fourth-order valence-corrected chi connectivity index (χ4v) is 2.17. The molecule has 0 aliphatic rings. The lowest BCUT2D eigenvalue weighted by atomic mass is 10.1. The van der Waals surface area contributed by atoms with Crippen LogP contribution in [0.25, 0.3) is 10.9 Å². The molecular weight excluding hydrogens is 299 g/mol. The molecule has 0 unspecified atom stereocenters. The van der Waals surface area contributed by atoms with Gasteiger partial charge in [0.1, 0.15) is 0 Å². The first kappa shape index (κ1) is 10.7. The maximum Gasteiger partial charge on any atom is 0.0859 e. The number of fused-ring (bicyclic) bond motifs is 1. The number of hydrogen-bond acceptors (Lipinski definition) is 2. The van der Waals surface area contributed by atoms with Gasteiger partial charge < -0.3 is 5.73 Å². The highest BCUT2D eigenvalue weighted by Gasteiger charge is 2.08. The maximum absolute atomic E-state index is 6.02. The highest BCUT2D eigenvalue weighted by molar-refractivity contribution is 14.1. The van der Waals surface area contributed by atoms with Gasteiger partial charge >= 0.3 is 0 Å². The predicted molar refractivity (Wildman–Crippen MR) is 73.0 cm³/mol. The summed E-state index contributed by atoms with van der Waals surface area (Å²) in [4.78, 5) is 4.65. The fourth-order valence-electron chi connectivity index (χ4n) is 1.56. The maximum atomic E-state index is 6.02. The molecule has 2 nitrogen and oxygen atoms in total. The van der Waals surface area contributed by atoms with Crippen LogP contribution < -0.4 is 5.73 Å². The number of nitrogen functional groups attached to an aromatic ring is 1. The number of halogens is 1. The van der Waals surface area contributed by atoms with E-state index in [-0.39, 0.29) is 0 Å². The minimum absolute atomic E-state index is 0.410. The van der Waals surface area contributed by atoms with Crippen LogP contribution >= 0.6 is 22.6 Å². The number of pyridine rings is 1. The Kier molecular flexibility index (Phi) is 2.82. The number of benzene rings is 1. The second-order valence-corrected chi connectivity index (χ2v) is 5.09. The Balaban J connectivity index is 2.80. The number of rotatable bonds is 1. The zero-order valence-electron chi connectivity index (χ0n) is 8.79. The summed E-state index contributed by atoms with van der Waals surface area (Å²) in [5, 5.41) is 1.05. The molecule has 2 aromatic rings. The second kappa shape index (κ2) is 3.96. The van der Waals surface area contributed by atoms with Crippen molar-refractivity contribution in [1.29, 1.82) is 0 Å². The molecule has 0 radical (unpaired) electrons. The number of nitrogens with zero attached hydrogens (tertiary/aromatic N) is 1.